The molecule has 1 N–H and O–H groups in total. The van der Waals surface area contributed by atoms with Crippen LogP contribution in [0.2, 0.25) is 0 Å². The van der Waals surface area contributed by atoms with E-state index in [0.717, 1.165) is 52.4 Å². The number of likely N-dealkylation sites (N-methyl/N-ethyl adjacent to an activating group) is 2. The molecule has 0 aliphatic carbocycles. The second kappa shape index (κ2) is 8.76. The molecule has 2 saturated heterocycles. The summed E-state index contributed by atoms with van der Waals surface area (Å²) >= 11 is 0. The highest BCUT2D eigenvalue weighted by Crippen LogP contribution is 2.23. The summed E-state index contributed by atoms with van der Waals surface area (Å²) in [4.78, 5) is 33.5. The summed E-state index contributed by atoms with van der Waals surface area (Å²) in [6.45, 7) is 7.28. The van der Waals surface area contributed by atoms with Gasteiger partial charge in [0, 0.05) is 70.2 Å². The van der Waals surface area contributed by atoms with Gasteiger partial charge in [-0.05, 0) is 26.2 Å². The molecular weight excluding hydrogens is 386 g/mol. The maximum atomic E-state index is 10.9. The number of piperazine rings is 2. The van der Waals surface area contributed by atoms with Crippen LogP contribution in [0.25, 0.3) is 0 Å². The van der Waals surface area contributed by atoms with E-state index in [9.17, 15) is 10.1 Å². The molecule has 2 aliphatic heterocycles. The average Bonchev–Trinajstić information content (AvgIpc) is 2.75. The smallest absolute Gasteiger partial charge is 0.269 e. The fraction of sp³-hybridized carbons (Fsp3) is 0.526. The van der Waals surface area contributed by atoms with Gasteiger partial charge in [-0.2, -0.15) is 15.0 Å². The van der Waals surface area contributed by atoms with Gasteiger partial charge in [-0.1, -0.05) is 0 Å². The van der Waals surface area contributed by atoms with Crippen molar-refractivity contribution in [1.82, 2.24) is 24.8 Å². The van der Waals surface area contributed by atoms with Crippen molar-refractivity contribution in [3.63, 3.8) is 0 Å². The van der Waals surface area contributed by atoms with Gasteiger partial charge < -0.3 is 24.9 Å². The second-order valence-corrected chi connectivity index (χ2v) is 7.77. The fourth-order valence-electron chi connectivity index (χ4n) is 3.50. The van der Waals surface area contributed by atoms with Crippen molar-refractivity contribution < 1.29 is 4.92 Å². The van der Waals surface area contributed by atoms with Gasteiger partial charge in [-0.3, -0.25) is 10.1 Å². The van der Waals surface area contributed by atoms with E-state index in [4.69, 9.17) is 4.98 Å². The van der Waals surface area contributed by atoms with Crippen LogP contribution >= 0.6 is 0 Å². The third-order valence-electron chi connectivity index (χ3n) is 5.52. The normalized spacial score (nSPS) is 18.5. The standard InChI is InChI=1S/C19H27N9O2/c1-24-7-11-26(12-8-24)18-21-17(20-15-3-5-16(6-4-15)28(29)30)22-19(23-18)27-13-9-25(2)10-14-27/h3-6H,7-14H2,1-2H3,(H,20,21,22,23). The molecule has 11 heteroatoms. The van der Waals surface area contributed by atoms with Crippen LogP contribution in [0.1, 0.15) is 0 Å². The summed E-state index contributed by atoms with van der Waals surface area (Å²) in [5.41, 5.74) is 0.743. The van der Waals surface area contributed by atoms with Gasteiger partial charge in [-0.25, -0.2) is 0 Å². The van der Waals surface area contributed by atoms with E-state index in [-0.39, 0.29) is 5.69 Å². The first kappa shape index (κ1) is 20.2. The van der Waals surface area contributed by atoms with Crippen molar-refractivity contribution in [3.8, 4) is 0 Å². The van der Waals surface area contributed by atoms with Gasteiger partial charge in [0.05, 0.1) is 4.92 Å². The summed E-state index contributed by atoms with van der Waals surface area (Å²) in [5.74, 6) is 1.77. The van der Waals surface area contributed by atoms with Crippen molar-refractivity contribution in [2.45, 2.75) is 0 Å². The molecule has 0 spiro atoms. The summed E-state index contributed by atoms with van der Waals surface area (Å²) < 4.78 is 0. The van der Waals surface area contributed by atoms with E-state index < -0.39 is 4.92 Å². The van der Waals surface area contributed by atoms with Crippen molar-refractivity contribution in [2.75, 3.05) is 81.6 Å². The van der Waals surface area contributed by atoms with Crippen molar-refractivity contribution in [1.29, 1.82) is 0 Å². The lowest BCUT2D eigenvalue weighted by molar-refractivity contribution is -0.384. The first-order valence-electron chi connectivity index (χ1n) is 10.1. The van der Waals surface area contributed by atoms with Crippen LogP contribution < -0.4 is 15.1 Å². The predicted molar refractivity (Wildman–Crippen MR) is 116 cm³/mol. The molecule has 4 rings (SSSR count). The molecule has 0 amide bonds. The van der Waals surface area contributed by atoms with Crippen molar-refractivity contribution in [2.24, 2.45) is 0 Å². The molecule has 3 heterocycles. The number of nitro benzene ring substituents is 1. The highest BCUT2D eigenvalue weighted by Gasteiger charge is 2.22. The number of anilines is 4. The number of benzene rings is 1. The minimum Gasteiger partial charge on any atom is -0.338 e. The van der Waals surface area contributed by atoms with Crippen molar-refractivity contribution in [3.05, 3.63) is 34.4 Å². The van der Waals surface area contributed by atoms with Crippen LogP contribution in [0.3, 0.4) is 0 Å². The van der Waals surface area contributed by atoms with E-state index in [0.29, 0.717) is 23.5 Å². The molecule has 0 saturated carbocycles. The van der Waals surface area contributed by atoms with Crippen molar-refractivity contribution >= 4 is 29.2 Å². The van der Waals surface area contributed by atoms with Crippen LogP contribution in [0, 0.1) is 10.1 Å². The molecule has 2 aliphatic rings. The predicted octanol–water partition coefficient (Wildman–Crippen LogP) is 1.03. The molecule has 0 unspecified atom stereocenters. The Morgan fingerprint density at radius 2 is 1.27 bits per heavy atom. The number of aromatic nitrogens is 3. The monoisotopic (exact) mass is 413 g/mol. The third-order valence-corrected chi connectivity index (χ3v) is 5.52. The minimum absolute atomic E-state index is 0.0486. The highest BCUT2D eigenvalue weighted by atomic mass is 16.6. The first-order valence-corrected chi connectivity index (χ1v) is 10.1. The molecule has 11 nitrogen and oxygen atoms in total. The number of hydrogen-bond acceptors (Lipinski definition) is 10. The Hall–Kier alpha value is -3.05. The molecular formula is C19H27N9O2. The average molecular weight is 413 g/mol. The van der Waals surface area contributed by atoms with Crippen LogP contribution in [0.5, 0.6) is 0 Å². The van der Waals surface area contributed by atoms with Crippen LogP contribution in [0.15, 0.2) is 24.3 Å². The number of hydrogen-bond donors (Lipinski definition) is 1. The second-order valence-electron chi connectivity index (χ2n) is 7.77. The van der Waals surface area contributed by atoms with Crippen LogP contribution in [-0.2, 0) is 0 Å². The minimum atomic E-state index is -0.413. The largest absolute Gasteiger partial charge is 0.338 e. The van der Waals surface area contributed by atoms with E-state index >= 15 is 0 Å². The molecule has 0 bridgehead atoms. The summed E-state index contributed by atoms with van der Waals surface area (Å²) in [6, 6.07) is 6.25. The SMILES string of the molecule is CN1CCN(c2nc(Nc3ccc([N+](=O)[O-])cc3)nc(N3CCN(C)CC3)n2)CC1. The van der Waals surface area contributed by atoms with Gasteiger partial charge in [0.1, 0.15) is 0 Å². The molecule has 2 aromatic rings. The summed E-state index contributed by atoms with van der Waals surface area (Å²) in [6.07, 6.45) is 0. The number of nitrogens with zero attached hydrogens (tertiary/aromatic N) is 8. The Morgan fingerprint density at radius 1 is 0.800 bits per heavy atom. The van der Waals surface area contributed by atoms with E-state index in [1.807, 2.05) is 0 Å². The van der Waals surface area contributed by atoms with Crippen LogP contribution in [-0.4, -0.2) is 96.1 Å². The number of non-ortho nitro benzene ring substituents is 1. The lowest BCUT2D eigenvalue weighted by Gasteiger charge is -2.34. The van der Waals surface area contributed by atoms with E-state index in [1.54, 1.807) is 12.1 Å². The maximum absolute atomic E-state index is 10.9. The topological polar surface area (TPSA) is 107 Å². The van der Waals surface area contributed by atoms with Crippen LogP contribution in [0.4, 0.5) is 29.2 Å². The fourth-order valence-corrected chi connectivity index (χ4v) is 3.50. The van der Waals surface area contributed by atoms with E-state index in [1.165, 1.54) is 12.1 Å². The Morgan fingerprint density at radius 3 is 1.70 bits per heavy atom. The van der Waals surface area contributed by atoms with Gasteiger partial charge in [0.25, 0.3) is 5.69 Å². The van der Waals surface area contributed by atoms with Gasteiger partial charge in [-0.15, -0.1) is 0 Å². The molecule has 30 heavy (non-hydrogen) atoms. The zero-order chi connectivity index (χ0) is 21.1. The molecule has 1 aromatic carbocycles. The molecule has 0 radical (unpaired) electrons. The molecule has 160 valence electrons. The Kier molecular flexibility index (Phi) is 5.91. The van der Waals surface area contributed by atoms with E-state index in [2.05, 4.69) is 49.0 Å². The maximum Gasteiger partial charge on any atom is 0.269 e. The zero-order valence-electron chi connectivity index (χ0n) is 17.4. The Balaban J connectivity index is 1.60. The Labute approximate surface area is 175 Å². The van der Waals surface area contributed by atoms with Gasteiger partial charge >= 0.3 is 0 Å². The number of nitrogens with one attached hydrogen (secondary N) is 1. The lowest BCUT2D eigenvalue weighted by Crippen LogP contribution is -2.46. The molecule has 1 aromatic heterocycles. The summed E-state index contributed by atoms with van der Waals surface area (Å²) in [5, 5.41) is 14.1. The third kappa shape index (κ3) is 4.74. The quantitative estimate of drug-likeness (QED) is 0.564. The summed E-state index contributed by atoms with van der Waals surface area (Å²) in [7, 11) is 4.23. The van der Waals surface area contributed by atoms with Gasteiger partial charge in [0.2, 0.25) is 17.8 Å². The molecule has 2 fully saturated rings. The zero-order valence-corrected chi connectivity index (χ0v) is 17.4. The number of rotatable bonds is 5. The number of nitro groups is 1. The van der Waals surface area contributed by atoms with Gasteiger partial charge in [0.15, 0.2) is 0 Å². The lowest BCUT2D eigenvalue weighted by atomic mass is 10.3. The molecule has 0 atom stereocenters. The first-order chi connectivity index (χ1) is 14.5. The highest BCUT2D eigenvalue weighted by molar-refractivity contribution is 5.58. The Bertz CT molecular complexity index is 836.